The molecule has 0 aliphatic heterocycles. The van der Waals surface area contributed by atoms with Gasteiger partial charge in [0, 0.05) is 12.8 Å². The van der Waals surface area contributed by atoms with Gasteiger partial charge in [-0.15, -0.1) is 0 Å². The average molecular weight is 1070 g/mol. The smallest absolute Gasteiger partial charge is 0.305 e. The summed E-state index contributed by atoms with van der Waals surface area (Å²) in [6.07, 6.45) is 83.2. The zero-order valence-corrected chi connectivity index (χ0v) is 51.3. The van der Waals surface area contributed by atoms with E-state index in [1.807, 2.05) is 0 Å². The molecule has 0 rings (SSSR count). The quantitative estimate of drug-likeness (QED) is 0.0320. The first-order chi connectivity index (χ1) is 37.5. The second-order valence-electron chi connectivity index (χ2n) is 23.5. The Bertz CT molecular complexity index is 1230. The lowest BCUT2D eigenvalue weighted by Crippen LogP contribution is -2.45. The molecular formula is C70H133NO5. The van der Waals surface area contributed by atoms with Gasteiger partial charge in [0.1, 0.15) is 0 Å². The summed E-state index contributed by atoms with van der Waals surface area (Å²) in [5.74, 6) is -0.0370. The van der Waals surface area contributed by atoms with Crippen molar-refractivity contribution in [2.45, 2.75) is 386 Å². The van der Waals surface area contributed by atoms with Gasteiger partial charge in [-0.2, -0.15) is 0 Å². The van der Waals surface area contributed by atoms with E-state index in [0.29, 0.717) is 25.9 Å². The molecule has 76 heavy (non-hydrogen) atoms. The second-order valence-corrected chi connectivity index (χ2v) is 23.5. The topological polar surface area (TPSA) is 95.9 Å². The van der Waals surface area contributed by atoms with Crippen molar-refractivity contribution in [2.75, 3.05) is 13.2 Å². The highest BCUT2D eigenvalue weighted by atomic mass is 16.5. The van der Waals surface area contributed by atoms with Crippen LogP contribution >= 0.6 is 0 Å². The summed E-state index contributed by atoms with van der Waals surface area (Å²) in [5, 5.41) is 23.4. The molecule has 0 saturated heterocycles. The Morgan fingerprint density at radius 2 is 0.658 bits per heavy atom. The van der Waals surface area contributed by atoms with Gasteiger partial charge in [0.05, 0.1) is 25.4 Å². The Labute approximate surface area is 474 Å². The number of aliphatic hydroxyl groups is 2. The molecule has 0 saturated carbocycles. The molecular weight excluding hydrogens is 935 g/mol. The molecule has 2 atom stereocenters. The molecule has 6 heteroatoms. The third-order valence-electron chi connectivity index (χ3n) is 15.9. The van der Waals surface area contributed by atoms with Crippen molar-refractivity contribution in [1.82, 2.24) is 5.32 Å². The fourth-order valence-corrected chi connectivity index (χ4v) is 10.7. The molecule has 0 spiro atoms. The van der Waals surface area contributed by atoms with E-state index < -0.39 is 12.1 Å². The summed E-state index contributed by atoms with van der Waals surface area (Å²) < 4.78 is 5.49. The maximum absolute atomic E-state index is 12.5. The van der Waals surface area contributed by atoms with Gasteiger partial charge in [-0.3, -0.25) is 9.59 Å². The summed E-state index contributed by atoms with van der Waals surface area (Å²) in [6.45, 7) is 4.95. The van der Waals surface area contributed by atoms with E-state index in [-0.39, 0.29) is 18.5 Å². The van der Waals surface area contributed by atoms with Gasteiger partial charge in [0.15, 0.2) is 0 Å². The van der Waals surface area contributed by atoms with E-state index in [1.165, 1.54) is 289 Å². The number of esters is 1. The van der Waals surface area contributed by atoms with Crippen LogP contribution in [-0.4, -0.2) is 47.4 Å². The number of aliphatic hydroxyl groups excluding tert-OH is 2. The number of hydrogen-bond donors (Lipinski definition) is 3. The first-order valence-electron chi connectivity index (χ1n) is 34.2. The summed E-state index contributed by atoms with van der Waals surface area (Å²) in [7, 11) is 0. The molecule has 0 aliphatic rings. The number of carbonyl (C=O) groups excluding carboxylic acids is 2. The van der Waals surface area contributed by atoms with Gasteiger partial charge in [-0.05, 0) is 83.5 Å². The Hall–Kier alpha value is -1.92. The van der Waals surface area contributed by atoms with Gasteiger partial charge < -0.3 is 20.3 Å². The van der Waals surface area contributed by atoms with Crippen LogP contribution in [0.2, 0.25) is 0 Å². The van der Waals surface area contributed by atoms with Crippen LogP contribution in [0.5, 0.6) is 0 Å². The first kappa shape index (κ1) is 74.1. The third kappa shape index (κ3) is 61.3. The third-order valence-corrected chi connectivity index (χ3v) is 15.9. The Balaban J connectivity index is 3.41. The van der Waals surface area contributed by atoms with Gasteiger partial charge in [-0.1, -0.05) is 314 Å². The minimum atomic E-state index is -0.668. The number of unbranched alkanes of at least 4 members (excludes halogenated alkanes) is 47. The van der Waals surface area contributed by atoms with Crippen LogP contribution < -0.4 is 5.32 Å². The van der Waals surface area contributed by atoms with Crippen LogP contribution in [0.4, 0.5) is 0 Å². The number of allylic oxidation sites excluding steroid dienone is 6. The van der Waals surface area contributed by atoms with Crippen molar-refractivity contribution >= 4 is 11.9 Å². The number of nitrogens with one attached hydrogen (secondary N) is 1. The highest BCUT2D eigenvalue weighted by molar-refractivity contribution is 5.76. The summed E-state index contributed by atoms with van der Waals surface area (Å²) in [4.78, 5) is 24.6. The molecule has 0 bridgehead atoms. The number of rotatable bonds is 64. The molecule has 0 fully saturated rings. The van der Waals surface area contributed by atoms with E-state index in [2.05, 4.69) is 55.6 Å². The molecule has 6 nitrogen and oxygen atoms in total. The predicted molar refractivity (Wildman–Crippen MR) is 333 cm³/mol. The van der Waals surface area contributed by atoms with Crippen molar-refractivity contribution in [2.24, 2.45) is 0 Å². The minimum absolute atomic E-state index is 0.000484. The molecule has 3 N–H and O–H groups in total. The zero-order valence-electron chi connectivity index (χ0n) is 51.3. The van der Waals surface area contributed by atoms with Crippen molar-refractivity contribution in [1.29, 1.82) is 0 Å². The molecule has 0 aliphatic carbocycles. The fourth-order valence-electron chi connectivity index (χ4n) is 10.7. The van der Waals surface area contributed by atoms with Crippen LogP contribution in [-0.2, 0) is 14.3 Å². The predicted octanol–water partition coefficient (Wildman–Crippen LogP) is 21.9. The standard InChI is InChI=1S/C70H133NO5/c1-3-5-7-9-11-13-15-17-19-21-28-31-34-38-42-46-50-54-58-62-68(73)67(66-72)71-69(74)63-59-55-51-47-43-39-35-32-29-26-24-22-23-25-27-30-33-37-41-45-49-53-57-61-65-76-70(75)64-60-56-52-48-44-40-36-20-18-16-14-12-10-8-6-4-2/h14,16,20,24,26,36,67-68,72-73H,3-13,15,17-19,21-23,25,27-35,37-66H2,1-2H3,(H,71,74)/b16-14-,26-24-,36-20-. The Kier molecular flexibility index (Phi) is 63.9. The first-order valence-corrected chi connectivity index (χ1v) is 34.2. The van der Waals surface area contributed by atoms with E-state index in [4.69, 9.17) is 4.74 Å². The molecule has 2 unspecified atom stereocenters. The normalized spacial score (nSPS) is 12.7. The Morgan fingerprint density at radius 1 is 0.368 bits per heavy atom. The van der Waals surface area contributed by atoms with Crippen LogP contribution in [0, 0.1) is 0 Å². The highest BCUT2D eigenvalue weighted by Gasteiger charge is 2.20. The zero-order chi connectivity index (χ0) is 55.0. The number of carbonyl (C=O) groups is 2. The lowest BCUT2D eigenvalue weighted by molar-refractivity contribution is -0.143. The Morgan fingerprint density at radius 3 is 1.03 bits per heavy atom. The van der Waals surface area contributed by atoms with Gasteiger partial charge in [-0.25, -0.2) is 0 Å². The van der Waals surface area contributed by atoms with Crippen LogP contribution in [0.25, 0.3) is 0 Å². The van der Waals surface area contributed by atoms with E-state index in [1.54, 1.807) is 0 Å². The van der Waals surface area contributed by atoms with Crippen molar-refractivity contribution in [3.63, 3.8) is 0 Å². The molecule has 0 heterocycles. The molecule has 1 amide bonds. The van der Waals surface area contributed by atoms with Crippen LogP contribution in [0.1, 0.15) is 373 Å². The van der Waals surface area contributed by atoms with Gasteiger partial charge >= 0.3 is 5.97 Å². The molecule has 0 aromatic rings. The van der Waals surface area contributed by atoms with Crippen LogP contribution in [0.3, 0.4) is 0 Å². The second kappa shape index (κ2) is 65.6. The minimum Gasteiger partial charge on any atom is -0.466 e. The molecule has 0 radical (unpaired) electrons. The largest absolute Gasteiger partial charge is 0.466 e. The van der Waals surface area contributed by atoms with Crippen LogP contribution in [0.15, 0.2) is 36.5 Å². The van der Waals surface area contributed by atoms with Crippen molar-refractivity contribution in [3.8, 4) is 0 Å². The van der Waals surface area contributed by atoms with Crippen molar-refractivity contribution < 1.29 is 24.5 Å². The van der Waals surface area contributed by atoms with Gasteiger partial charge in [0.25, 0.3) is 0 Å². The lowest BCUT2D eigenvalue weighted by atomic mass is 10.0. The summed E-state index contributed by atoms with van der Waals surface area (Å²) in [5.41, 5.74) is 0. The van der Waals surface area contributed by atoms with E-state index in [9.17, 15) is 19.8 Å². The molecule has 0 aromatic carbocycles. The number of amides is 1. The maximum Gasteiger partial charge on any atom is 0.305 e. The summed E-state index contributed by atoms with van der Waals surface area (Å²) in [6, 6.07) is -0.546. The highest BCUT2D eigenvalue weighted by Crippen LogP contribution is 2.18. The number of hydrogen-bond acceptors (Lipinski definition) is 5. The molecule has 0 aromatic heterocycles. The van der Waals surface area contributed by atoms with Crippen molar-refractivity contribution in [3.05, 3.63) is 36.5 Å². The molecule has 448 valence electrons. The maximum atomic E-state index is 12.5. The van der Waals surface area contributed by atoms with E-state index >= 15 is 0 Å². The monoisotopic (exact) mass is 1070 g/mol. The SMILES string of the molecule is CCCCCC/C=C\C/C=C\CCCCCCCC(=O)OCCCCCCCCCCCCCC/C=C\CCCCCCCCCCC(=O)NC(CO)C(O)CCCCCCCCCCCCCCCCCCCCC. The number of ether oxygens (including phenoxy) is 1. The van der Waals surface area contributed by atoms with Gasteiger partial charge in [0.2, 0.25) is 5.91 Å². The fraction of sp³-hybridized carbons (Fsp3) is 0.886. The lowest BCUT2D eigenvalue weighted by Gasteiger charge is -2.22. The summed E-state index contributed by atoms with van der Waals surface area (Å²) >= 11 is 0. The van der Waals surface area contributed by atoms with E-state index in [0.717, 1.165) is 51.4 Å². The average Bonchev–Trinajstić information content (AvgIpc) is 3.42.